The summed E-state index contributed by atoms with van der Waals surface area (Å²) in [6.07, 6.45) is 4.27. The molecule has 2 N–H and O–H groups in total. The summed E-state index contributed by atoms with van der Waals surface area (Å²) in [7, 11) is 0. The molecule has 0 amide bonds. The van der Waals surface area contributed by atoms with Gasteiger partial charge in [-0.25, -0.2) is 9.97 Å². The van der Waals surface area contributed by atoms with Crippen LogP contribution in [0.1, 0.15) is 44.6 Å². The van der Waals surface area contributed by atoms with E-state index in [0.29, 0.717) is 12.0 Å². The number of pyridine rings is 1. The Morgan fingerprint density at radius 2 is 2.18 bits per heavy atom. The van der Waals surface area contributed by atoms with Crippen molar-refractivity contribution in [3.05, 3.63) is 24.2 Å². The minimum absolute atomic E-state index is 0.00944. The molecule has 2 aromatic heterocycles. The predicted octanol–water partition coefficient (Wildman–Crippen LogP) is 2.42. The first-order valence-electron chi connectivity index (χ1n) is 6.27. The van der Waals surface area contributed by atoms with Crippen LogP contribution >= 0.6 is 0 Å². The lowest BCUT2D eigenvalue weighted by Gasteiger charge is -2.16. The van der Waals surface area contributed by atoms with E-state index in [1.165, 1.54) is 12.8 Å². The molecule has 0 bridgehead atoms. The van der Waals surface area contributed by atoms with Crippen molar-refractivity contribution in [2.45, 2.75) is 38.8 Å². The van der Waals surface area contributed by atoms with Gasteiger partial charge in [-0.2, -0.15) is 0 Å². The summed E-state index contributed by atoms with van der Waals surface area (Å²) in [5, 5.41) is 0. The van der Waals surface area contributed by atoms with E-state index in [2.05, 4.69) is 28.4 Å². The van der Waals surface area contributed by atoms with E-state index >= 15 is 0 Å². The molecule has 17 heavy (non-hydrogen) atoms. The van der Waals surface area contributed by atoms with Crippen LogP contribution in [0.25, 0.3) is 11.2 Å². The Morgan fingerprint density at radius 3 is 2.82 bits per heavy atom. The second-order valence-corrected chi connectivity index (χ2v) is 5.19. The lowest BCUT2D eigenvalue weighted by atomic mass is 10.1. The number of nitrogens with zero attached hydrogens (tertiary/aromatic N) is 3. The minimum atomic E-state index is -0.00944. The molecule has 0 aromatic carbocycles. The summed E-state index contributed by atoms with van der Waals surface area (Å²) in [5.41, 5.74) is 8.21. The molecule has 3 rings (SSSR count). The molecular weight excluding hydrogens is 212 g/mol. The summed E-state index contributed by atoms with van der Waals surface area (Å²) in [4.78, 5) is 9.12. The van der Waals surface area contributed by atoms with Gasteiger partial charge in [-0.1, -0.05) is 13.8 Å². The molecule has 1 unspecified atom stereocenters. The largest absolute Gasteiger partial charge is 0.321 e. The van der Waals surface area contributed by atoms with Crippen molar-refractivity contribution in [1.82, 2.24) is 14.5 Å². The zero-order valence-electron chi connectivity index (χ0n) is 10.3. The summed E-state index contributed by atoms with van der Waals surface area (Å²) in [5.74, 6) is 1.39. The first kappa shape index (κ1) is 10.7. The van der Waals surface area contributed by atoms with Gasteiger partial charge in [0.05, 0.1) is 6.04 Å². The van der Waals surface area contributed by atoms with Crippen LogP contribution in [-0.2, 0) is 0 Å². The molecular formula is C13H18N4. The topological polar surface area (TPSA) is 56.7 Å². The van der Waals surface area contributed by atoms with E-state index in [1.54, 1.807) is 0 Å². The molecule has 0 saturated heterocycles. The van der Waals surface area contributed by atoms with E-state index in [-0.39, 0.29) is 6.04 Å². The molecule has 0 aliphatic heterocycles. The van der Waals surface area contributed by atoms with Crippen LogP contribution in [0.3, 0.4) is 0 Å². The molecule has 1 aliphatic carbocycles. The summed E-state index contributed by atoms with van der Waals surface area (Å²) < 4.78 is 2.25. The fourth-order valence-electron chi connectivity index (χ4n) is 2.17. The fraction of sp³-hybridized carbons (Fsp3) is 0.538. The molecule has 0 spiro atoms. The quantitative estimate of drug-likeness (QED) is 0.881. The van der Waals surface area contributed by atoms with Crippen molar-refractivity contribution in [2.24, 2.45) is 11.7 Å². The van der Waals surface area contributed by atoms with Crippen LogP contribution in [0.4, 0.5) is 0 Å². The Morgan fingerprint density at radius 1 is 1.41 bits per heavy atom. The van der Waals surface area contributed by atoms with Gasteiger partial charge in [0.1, 0.15) is 11.3 Å². The maximum absolute atomic E-state index is 6.26. The van der Waals surface area contributed by atoms with Crippen LogP contribution < -0.4 is 5.73 Å². The number of rotatable bonds is 3. The highest BCUT2D eigenvalue weighted by molar-refractivity contribution is 5.71. The van der Waals surface area contributed by atoms with Gasteiger partial charge in [-0.05, 0) is 30.9 Å². The van der Waals surface area contributed by atoms with Crippen molar-refractivity contribution in [3.63, 3.8) is 0 Å². The lowest BCUT2D eigenvalue weighted by Crippen LogP contribution is -2.21. The number of hydrogen-bond acceptors (Lipinski definition) is 3. The van der Waals surface area contributed by atoms with Crippen molar-refractivity contribution in [3.8, 4) is 0 Å². The van der Waals surface area contributed by atoms with Gasteiger partial charge in [0.2, 0.25) is 0 Å². The zero-order valence-corrected chi connectivity index (χ0v) is 10.3. The Labute approximate surface area is 101 Å². The number of hydrogen-bond donors (Lipinski definition) is 1. The molecule has 2 heterocycles. The first-order chi connectivity index (χ1) is 8.18. The van der Waals surface area contributed by atoms with Gasteiger partial charge < -0.3 is 10.3 Å². The van der Waals surface area contributed by atoms with Crippen molar-refractivity contribution in [1.29, 1.82) is 0 Å². The fourth-order valence-corrected chi connectivity index (χ4v) is 2.17. The molecule has 1 atom stereocenters. The smallest absolute Gasteiger partial charge is 0.160 e. The van der Waals surface area contributed by atoms with Gasteiger partial charge in [0, 0.05) is 12.2 Å². The number of aromatic nitrogens is 3. The van der Waals surface area contributed by atoms with E-state index in [1.807, 2.05) is 18.3 Å². The zero-order chi connectivity index (χ0) is 12.0. The van der Waals surface area contributed by atoms with E-state index in [4.69, 9.17) is 5.73 Å². The molecule has 4 heteroatoms. The third-order valence-corrected chi connectivity index (χ3v) is 3.40. The molecule has 2 aromatic rings. The second-order valence-electron chi connectivity index (χ2n) is 5.19. The number of fused-ring (bicyclic) bond motifs is 1. The normalized spacial score (nSPS) is 17.9. The molecule has 1 fully saturated rings. The van der Waals surface area contributed by atoms with Gasteiger partial charge in [0.15, 0.2) is 5.65 Å². The maximum atomic E-state index is 6.26. The van der Waals surface area contributed by atoms with Crippen LogP contribution in [-0.4, -0.2) is 14.5 Å². The molecule has 0 radical (unpaired) electrons. The van der Waals surface area contributed by atoms with Gasteiger partial charge in [-0.3, -0.25) is 0 Å². The highest BCUT2D eigenvalue weighted by Crippen LogP contribution is 2.39. The van der Waals surface area contributed by atoms with Gasteiger partial charge >= 0.3 is 0 Å². The lowest BCUT2D eigenvalue weighted by molar-refractivity contribution is 0.470. The molecule has 4 nitrogen and oxygen atoms in total. The maximum Gasteiger partial charge on any atom is 0.160 e. The summed E-state index contributed by atoms with van der Waals surface area (Å²) in [6.45, 7) is 4.27. The van der Waals surface area contributed by atoms with E-state index < -0.39 is 0 Å². The third-order valence-electron chi connectivity index (χ3n) is 3.40. The average molecular weight is 230 g/mol. The summed E-state index contributed by atoms with van der Waals surface area (Å²) >= 11 is 0. The van der Waals surface area contributed by atoms with Crippen LogP contribution in [0.5, 0.6) is 0 Å². The van der Waals surface area contributed by atoms with Crippen LogP contribution in [0.15, 0.2) is 18.3 Å². The van der Waals surface area contributed by atoms with E-state index in [0.717, 1.165) is 17.0 Å². The highest BCUT2D eigenvalue weighted by atomic mass is 15.2. The molecule has 90 valence electrons. The molecule has 1 saturated carbocycles. The van der Waals surface area contributed by atoms with Crippen LogP contribution in [0, 0.1) is 5.92 Å². The average Bonchev–Trinajstić information content (AvgIpc) is 3.08. The predicted molar refractivity (Wildman–Crippen MR) is 67.6 cm³/mol. The highest BCUT2D eigenvalue weighted by Gasteiger charge is 2.31. The minimum Gasteiger partial charge on any atom is -0.321 e. The Hall–Kier alpha value is -1.42. The first-order valence-corrected chi connectivity index (χ1v) is 6.27. The Kier molecular flexibility index (Phi) is 2.40. The van der Waals surface area contributed by atoms with Crippen molar-refractivity contribution < 1.29 is 0 Å². The second kappa shape index (κ2) is 3.81. The Balaban J connectivity index is 2.19. The Bertz CT molecular complexity index is 539. The van der Waals surface area contributed by atoms with E-state index in [9.17, 15) is 0 Å². The van der Waals surface area contributed by atoms with Crippen molar-refractivity contribution in [2.75, 3.05) is 0 Å². The van der Waals surface area contributed by atoms with Crippen LogP contribution in [0.2, 0.25) is 0 Å². The van der Waals surface area contributed by atoms with Crippen molar-refractivity contribution >= 4 is 11.2 Å². The number of imidazole rings is 1. The summed E-state index contributed by atoms with van der Waals surface area (Å²) in [6, 6.07) is 4.49. The van der Waals surface area contributed by atoms with Gasteiger partial charge in [0.25, 0.3) is 0 Å². The number of nitrogens with two attached hydrogens (primary N) is 1. The monoisotopic (exact) mass is 230 g/mol. The SMILES string of the molecule is CC(C)C(N)c1nc2cccnc2n1C1CC1. The standard InChI is InChI=1S/C13H18N4/c1-8(2)11(14)13-16-10-4-3-7-15-12(10)17(13)9-5-6-9/h3-4,7-9,11H,5-6,14H2,1-2H3. The molecule has 1 aliphatic rings. The van der Waals surface area contributed by atoms with Gasteiger partial charge in [-0.15, -0.1) is 0 Å². The third kappa shape index (κ3) is 1.72.